The number of benzene rings is 6. The standard InChI is InChI=1S/C46H36Cl4N12O2/c1-45(23-11-15-25(16-12-23)51-43-55-39(47)53-40(48)56-43)59-29-7-3-5-21-9-19-27(35(61-45)31(21)29)33-37(63)34(38(33)64)28-20-10-22-6-4-8-30-32(22)36(28)62-46(2,60-30)24-13-17-26(18-14-24)52-44-57-41(49)54-42(50)58-44/h3-20,33-34,37-38,59-64H,1-2H3,(H,51,53,55,56)(H,52,54,57,58). The molecule has 0 radical (unpaired) electrons. The highest BCUT2D eigenvalue weighted by Crippen LogP contribution is 2.56. The van der Waals surface area contributed by atoms with Crippen molar-refractivity contribution in [3.8, 4) is 0 Å². The van der Waals surface area contributed by atoms with Gasteiger partial charge in [0.2, 0.25) is 33.0 Å². The van der Waals surface area contributed by atoms with E-state index in [0.717, 1.165) is 77.9 Å². The number of rotatable bonds is 8. The molecule has 4 heterocycles. The molecule has 2 unspecified atom stereocenters. The number of aliphatic hydroxyl groups is 2. The second-order valence-corrected chi connectivity index (χ2v) is 17.8. The highest BCUT2D eigenvalue weighted by Gasteiger charge is 2.53. The SMILES string of the molecule is CC1(c2ccc(Nc3nc(Cl)nc(Cl)n3)cc2)Nc2cccc3ccc(C4C(O)C(c5ccc6cccc7c6c5NC(C)(c5ccc(Nc6nc(Cl)nc(Cl)n6)cc5)N7)C4O)c(c23)N1. The zero-order chi connectivity index (χ0) is 44.1. The molecule has 2 aliphatic heterocycles. The lowest BCUT2D eigenvalue weighted by Gasteiger charge is -2.50. The molecule has 18 heteroatoms. The molecular weight excluding hydrogens is 894 g/mol. The third kappa shape index (κ3) is 6.89. The van der Waals surface area contributed by atoms with Gasteiger partial charge in [0.05, 0.1) is 12.2 Å². The van der Waals surface area contributed by atoms with Crippen molar-refractivity contribution in [2.24, 2.45) is 0 Å². The second-order valence-electron chi connectivity index (χ2n) is 16.4. The number of aliphatic hydroxyl groups excluding tert-OH is 2. The van der Waals surface area contributed by atoms with Gasteiger partial charge in [-0.3, -0.25) is 0 Å². The third-order valence-electron chi connectivity index (χ3n) is 12.5. The molecule has 2 atom stereocenters. The van der Waals surface area contributed by atoms with Crippen molar-refractivity contribution in [3.63, 3.8) is 0 Å². The Morgan fingerprint density at radius 1 is 0.469 bits per heavy atom. The highest BCUT2D eigenvalue weighted by atomic mass is 35.5. The summed E-state index contributed by atoms with van der Waals surface area (Å²) >= 11 is 24.0. The predicted molar refractivity (Wildman–Crippen MR) is 254 cm³/mol. The van der Waals surface area contributed by atoms with E-state index >= 15 is 0 Å². The van der Waals surface area contributed by atoms with E-state index in [4.69, 9.17) is 46.4 Å². The Balaban J connectivity index is 0.896. The van der Waals surface area contributed by atoms with Crippen molar-refractivity contribution >= 4 is 114 Å². The summed E-state index contributed by atoms with van der Waals surface area (Å²) in [4.78, 5) is 24.1. The average molecular weight is 931 g/mol. The van der Waals surface area contributed by atoms with Crippen LogP contribution < -0.4 is 31.9 Å². The Hall–Kier alpha value is -6.26. The Bertz CT molecular complexity index is 2920. The van der Waals surface area contributed by atoms with Crippen molar-refractivity contribution in [2.75, 3.05) is 31.9 Å². The fourth-order valence-electron chi connectivity index (χ4n) is 9.45. The average Bonchev–Trinajstić information content (AvgIpc) is 3.25. The lowest BCUT2D eigenvalue weighted by molar-refractivity contribution is -0.0780. The van der Waals surface area contributed by atoms with E-state index in [1.165, 1.54) is 0 Å². The molecule has 1 aliphatic carbocycles. The summed E-state index contributed by atoms with van der Waals surface area (Å²) in [6, 6.07) is 36.1. The maximum atomic E-state index is 12.3. The number of hydrogen-bond donors (Lipinski definition) is 8. The summed E-state index contributed by atoms with van der Waals surface area (Å²) < 4.78 is 0. The van der Waals surface area contributed by atoms with E-state index in [2.05, 4.69) is 112 Å². The first-order valence-corrected chi connectivity index (χ1v) is 21.8. The van der Waals surface area contributed by atoms with Gasteiger partial charge in [-0.25, -0.2) is 0 Å². The topological polar surface area (TPSA) is 190 Å². The summed E-state index contributed by atoms with van der Waals surface area (Å²) in [6.07, 6.45) is -1.82. The van der Waals surface area contributed by atoms with Gasteiger partial charge in [-0.2, -0.15) is 29.9 Å². The van der Waals surface area contributed by atoms with E-state index in [0.29, 0.717) is 0 Å². The molecule has 8 N–H and O–H groups in total. The quantitative estimate of drug-likeness (QED) is 0.0718. The van der Waals surface area contributed by atoms with Crippen LogP contribution in [0.15, 0.2) is 109 Å². The first-order chi connectivity index (χ1) is 30.8. The first kappa shape index (κ1) is 40.5. The molecule has 3 aliphatic rings. The van der Waals surface area contributed by atoms with Crippen molar-refractivity contribution in [2.45, 2.75) is 49.2 Å². The molecule has 1 fully saturated rings. The van der Waals surface area contributed by atoms with Gasteiger partial charge in [-0.15, -0.1) is 0 Å². The minimum Gasteiger partial charge on any atom is -0.392 e. The summed E-state index contributed by atoms with van der Waals surface area (Å²) in [6.45, 7) is 4.13. The highest BCUT2D eigenvalue weighted by molar-refractivity contribution is 6.31. The van der Waals surface area contributed by atoms with Crippen molar-refractivity contribution in [1.82, 2.24) is 29.9 Å². The maximum Gasteiger partial charge on any atom is 0.232 e. The van der Waals surface area contributed by atoms with Crippen LogP contribution in [0, 0.1) is 0 Å². The molecule has 6 aromatic carbocycles. The van der Waals surface area contributed by atoms with Gasteiger partial charge in [0, 0.05) is 56.7 Å². The monoisotopic (exact) mass is 928 g/mol. The summed E-state index contributed by atoms with van der Waals surface area (Å²) in [5.74, 6) is -0.718. The number of halogens is 4. The fraction of sp³-hybridized carbons (Fsp3) is 0.174. The molecule has 14 nitrogen and oxygen atoms in total. The van der Waals surface area contributed by atoms with Gasteiger partial charge in [0.1, 0.15) is 11.3 Å². The van der Waals surface area contributed by atoms with Gasteiger partial charge in [0.25, 0.3) is 0 Å². The molecule has 0 spiro atoms. The van der Waals surface area contributed by atoms with E-state index in [-0.39, 0.29) is 33.0 Å². The van der Waals surface area contributed by atoms with Crippen LogP contribution in [0.25, 0.3) is 21.5 Å². The van der Waals surface area contributed by atoms with Crippen LogP contribution >= 0.6 is 46.4 Å². The zero-order valence-electron chi connectivity index (χ0n) is 33.8. The normalized spacial score (nSPS) is 23.0. The van der Waals surface area contributed by atoms with Gasteiger partial charge >= 0.3 is 0 Å². The van der Waals surface area contributed by atoms with Crippen LogP contribution in [-0.4, -0.2) is 52.3 Å². The van der Waals surface area contributed by atoms with E-state index in [9.17, 15) is 10.2 Å². The van der Waals surface area contributed by atoms with Crippen molar-refractivity contribution in [3.05, 3.63) is 153 Å². The number of aromatic nitrogens is 6. The predicted octanol–water partition coefficient (Wildman–Crippen LogP) is 10.5. The Labute approximate surface area is 385 Å². The molecule has 64 heavy (non-hydrogen) atoms. The van der Waals surface area contributed by atoms with Crippen LogP contribution in [0.5, 0.6) is 0 Å². The third-order valence-corrected chi connectivity index (χ3v) is 13.1. The lowest BCUT2D eigenvalue weighted by atomic mass is 9.62. The van der Waals surface area contributed by atoms with Crippen LogP contribution in [0.1, 0.15) is 47.9 Å². The molecule has 0 bridgehead atoms. The largest absolute Gasteiger partial charge is 0.392 e. The smallest absolute Gasteiger partial charge is 0.232 e. The van der Waals surface area contributed by atoms with E-state index in [1.807, 2.05) is 72.8 Å². The number of hydrogen-bond acceptors (Lipinski definition) is 14. The van der Waals surface area contributed by atoms with Crippen LogP contribution in [0.4, 0.5) is 46.0 Å². The molecule has 2 aromatic heterocycles. The summed E-state index contributed by atoms with van der Waals surface area (Å²) in [5.41, 5.74) is 6.98. The van der Waals surface area contributed by atoms with Gasteiger partial charge in [-0.05, 0) is 130 Å². The Morgan fingerprint density at radius 3 is 1.22 bits per heavy atom. The number of nitrogens with zero attached hydrogens (tertiary/aromatic N) is 6. The minimum atomic E-state index is -0.909. The van der Waals surface area contributed by atoms with Gasteiger partial charge in [-0.1, -0.05) is 72.8 Å². The second kappa shape index (κ2) is 15.2. The van der Waals surface area contributed by atoms with Crippen LogP contribution in [0.3, 0.4) is 0 Å². The van der Waals surface area contributed by atoms with Crippen LogP contribution in [-0.2, 0) is 11.3 Å². The molecule has 0 saturated heterocycles. The lowest BCUT2D eigenvalue weighted by Crippen LogP contribution is -2.53. The minimum absolute atomic E-state index is 0.0128. The molecule has 8 aromatic rings. The molecule has 11 rings (SSSR count). The molecule has 1 saturated carbocycles. The summed E-state index contributed by atoms with van der Waals surface area (Å²) in [5, 5.41) is 50.0. The van der Waals surface area contributed by atoms with Gasteiger partial charge in [0.15, 0.2) is 0 Å². The molecule has 320 valence electrons. The number of anilines is 8. The zero-order valence-corrected chi connectivity index (χ0v) is 36.8. The molecule has 0 amide bonds. The first-order valence-electron chi connectivity index (χ1n) is 20.3. The molecular formula is C46H36Cl4N12O2. The van der Waals surface area contributed by atoms with Crippen molar-refractivity contribution in [1.29, 1.82) is 0 Å². The fourth-order valence-corrected chi connectivity index (χ4v) is 10.2. The summed E-state index contributed by atoms with van der Waals surface area (Å²) in [7, 11) is 0. The number of nitrogens with one attached hydrogen (secondary N) is 6. The Kier molecular flexibility index (Phi) is 9.61. The van der Waals surface area contributed by atoms with Crippen LogP contribution in [0.2, 0.25) is 21.1 Å². The van der Waals surface area contributed by atoms with E-state index in [1.54, 1.807) is 0 Å². The van der Waals surface area contributed by atoms with Crippen molar-refractivity contribution < 1.29 is 10.2 Å². The van der Waals surface area contributed by atoms with E-state index < -0.39 is 35.4 Å². The maximum absolute atomic E-state index is 12.3. The Morgan fingerprint density at radius 2 is 0.844 bits per heavy atom. The van der Waals surface area contributed by atoms with Gasteiger partial charge < -0.3 is 42.1 Å².